The maximum atomic E-state index is 11.6. The van der Waals surface area contributed by atoms with E-state index in [1.54, 1.807) is 0 Å². The van der Waals surface area contributed by atoms with Gasteiger partial charge >= 0.3 is 13.1 Å². The fraction of sp³-hybridized carbons (Fsp3) is 0.500. The Hall–Kier alpha value is -1.60. The lowest BCUT2D eigenvalue weighted by Crippen LogP contribution is -2.43. The first-order valence-corrected chi connectivity index (χ1v) is 5.96. The van der Waals surface area contributed by atoms with Crippen molar-refractivity contribution in [1.29, 1.82) is 0 Å². The molecule has 2 N–H and O–H groups in total. The summed E-state index contributed by atoms with van der Waals surface area (Å²) in [4.78, 5) is 25.6. The number of carboxylic acids is 1. The van der Waals surface area contributed by atoms with Crippen molar-refractivity contribution in [3.05, 3.63) is 28.0 Å². The van der Waals surface area contributed by atoms with Gasteiger partial charge in [-0.05, 0) is 27.7 Å². The molecule has 1 aromatic heterocycles. The third-order valence-corrected chi connectivity index (χ3v) is 3.69. The van der Waals surface area contributed by atoms with Crippen LogP contribution in [0.25, 0.3) is 0 Å². The van der Waals surface area contributed by atoms with Crippen LogP contribution in [0.5, 0.6) is 0 Å². The summed E-state index contributed by atoms with van der Waals surface area (Å²) in [5, 5.41) is 9.14. The van der Waals surface area contributed by atoms with Gasteiger partial charge in [-0.1, -0.05) is 0 Å². The number of nitrogens with one attached hydrogen (secondary N) is 1. The lowest BCUT2D eigenvalue weighted by atomic mass is 9.80. The zero-order valence-electron chi connectivity index (χ0n) is 11.3. The molecule has 0 unspecified atom stereocenters. The molecule has 2 rings (SSSR count). The van der Waals surface area contributed by atoms with Crippen LogP contribution in [0.3, 0.4) is 0 Å². The number of rotatable bonds is 2. The number of hydrogen-bond donors (Lipinski definition) is 2. The van der Waals surface area contributed by atoms with Gasteiger partial charge < -0.3 is 19.4 Å². The lowest BCUT2D eigenvalue weighted by Gasteiger charge is -2.32. The van der Waals surface area contributed by atoms with E-state index < -0.39 is 29.7 Å². The van der Waals surface area contributed by atoms with Gasteiger partial charge in [0.05, 0.1) is 16.8 Å². The Kier molecular flexibility index (Phi) is 3.06. The fourth-order valence-corrected chi connectivity index (χ4v) is 1.86. The molecule has 0 radical (unpaired) electrons. The van der Waals surface area contributed by atoms with Crippen LogP contribution in [0, 0.1) is 0 Å². The second kappa shape index (κ2) is 4.21. The van der Waals surface area contributed by atoms with Crippen LogP contribution in [0.1, 0.15) is 38.1 Å². The Labute approximate surface area is 110 Å². The van der Waals surface area contributed by atoms with Crippen molar-refractivity contribution >= 4 is 18.7 Å². The largest absolute Gasteiger partial charge is 0.513 e. The van der Waals surface area contributed by atoms with E-state index in [2.05, 4.69) is 4.98 Å². The van der Waals surface area contributed by atoms with E-state index in [9.17, 15) is 9.59 Å². The van der Waals surface area contributed by atoms with Crippen LogP contribution >= 0.6 is 0 Å². The molecule has 102 valence electrons. The normalized spacial score (nSPS) is 20.5. The molecule has 2 heterocycles. The summed E-state index contributed by atoms with van der Waals surface area (Å²) in [6.45, 7) is 7.42. The average Bonchev–Trinajstić information content (AvgIpc) is 2.47. The number of pyridine rings is 1. The molecule has 1 fully saturated rings. The molecule has 1 aliphatic rings. The zero-order valence-corrected chi connectivity index (χ0v) is 11.3. The lowest BCUT2D eigenvalue weighted by molar-refractivity contribution is 0.00578. The predicted molar refractivity (Wildman–Crippen MR) is 69.7 cm³/mol. The maximum absolute atomic E-state index is 11.6. The molecule has 0 aliphatic carbocycles. The van der Waals surface area contributed by atoms with E-state index >= 15 is 0 Å². The van der Waals surface area contributed by atoms with Gasteiger partial charge in [0, 0.05) is 12.3 Å². The molecule has 7 heteroatoms. The Balaban J connectivity index is 2.49. The number of hydrogen-bond acceptors (Lipinski definition) is 4. The molecule has 19 heavy (non-hydrogen) atoms. The van der Waals surface area contributed by atoms with Gasteiger partial charge in [-0.15, -0.1) is 0 Å². The van der Waals surface area contributed by atoms with Gasteiger partial charge in [-0.2, -0.15) is 0 Å². The van der Waals surface area contributed by atoms with Gasteiger partial charge in [0.15, 0.2) is 5.43 Å². The predicted octanol–water partition coefficient (Wildman–Crippen LogP) is 0.372. The van der Waals surface area contributed by atoms with E-state index in [4.69, 9.17) is 14.4 Å². The first-order valence-electron chi connectivity index (χ1n) is 5.96. The molecule has 1 saturated heterocycles. The highest BCUT2D eigenvalue weighted by molar-refractivity contribution is 6.62. The van der Waals surface area contributed by atoms with E-state index in [1.807, 2.05) is 27.7 Å². The summed E-state index contributed by atoms with van der Waals surface area (Å²) in [5.74, 6) is -1.30. The maximum Gasteiger partial charge on any atom is 0.513 e. The van der Waals surface area contributed by atoms with E-state index in [0.29, 0.717) is 0 Å². The van der Waals surface area contributed by atoms with Crippen molar-refractivity contribution in [1.82, 2.24) is 4.98 Å². The minimum absolute atomic E-state index is 0.138. The van der Waals surface area contributed by atoms with Gasteiger partial charge in [-0.25, -0.2) is 4.79 Å². The average molecular weight is 265 g/mol. The van der Waals surface area contributed by atoms with E-state index in [1.165, 1.54) is 6.20 Å². The number of aromatic carboxylic acids is 1. The van der Waals surface area contributed by atoms with Crippen molar-refractivity contribution in [3.63, 3.8) is 0 Å². The molecule has 1 aliphatic heterocycles. The summed E-state index contributed by atoms with van der Waals surface area (Å²) in [5.41, 5.74) is -1.98. The fourth-order valence-electron chi connectivity index (χ4n) is 1.86. The molecular weight excluding hydrogens is 249 g/mol. The van der Waals surface area contributed by atoms with Crippen LogP contribution in [-0.4, -0.2) is 34.4 Å². The second-order valence-corrected chi connectivity index (χ2v) is 5.52. The summed E-state index contributed by atoms with van der Waals surface area (Å²) in [6.07, 6.45) is 1.38. The number of carbonyl (C=O) groups is 1. The standard InChI is InChI=1S/C12H16BNO5/c1-11(2)12(3,4)19-13(18-11)9-8(10(16)17)7(15)5-6-14-9/h5-6H,1-4H3,(H,14,15)(H,16,17). The quantitative estimate of drug-likeness (QED) is 0.754. The molecule has 6 nitrogen and oxygen atoms in total. The Morgan fingerprint density at radius 3 is 2.26 bits per heavy atom. The highest BCUT2D eigenvalue weighted by Crippen LogP contribution is 2.36. The van der Waals surface area contributed by atoms with Crippen LogP contribution in [0.2, 0.25) is 0 Å². The second-order valence-electron chi connectivity index (χ2n) is 5.52. The molecular formula is C12H16BNO5. The molecule has 0 bridgehead atoms. The Morgan fingerprint density at radius 1 is 1.26 bits per heavy atom. The highest BCUT2D eigenvalue weighted by atomic mass is 16.7. The molecule has 0 atom stereocenters. The van der Waals surface area contributed by atoms with Crippen LogP contribution in [0.4, 0.5) is 0 Å². The summed E-state index contributed by atoms with van der Waals surface area (Å²) >= 11 is 0. The molecule has 1 aromatic rings. The van der Waals surface area contributed by atoms with Gasteiger partial charge in [0.1, 0.15) is 5.56 Å². The molecule has 0 amide bonds. The summed E-state index contributed by atoms with van der Waals surface area (Å²) in [6, 6.07) is 1.16. The van der Waals surface area contributed by atoms with E-state index in [-0.39, 0.29) is 11.2 Å². The van der Waals surface area contributed by atoms with Gasteiger partial charge in [0.2, 0.25) is 0 Å². The smallest absolute Gasteiger partial charge is 0.478 e. The van der Waals surface area contributed by atoms with Crippen molar-refractivity contribution in [3.8, 4) is 0 Å². The first-order chi connectivity index (χ1) is 8.66. The minimum atomic E-state index is -1.30. The minimum Gasteiger partial charge on any atom is -0.478 e. The third-order valence-electron chi connectivity index (χ3n) is 3.69. The summed E-state index contributed by atoms with van der Waals surface area (Å²) < 4.78 is 11.5. The summed E-state index contributed by atoms with van der Waals surface area (Å²) in [7, 11) is -0.898. The van der Waals surface area contributed by atoms with Crippen LogP contribution < -0.4 is 11.0 Å². The van der Waals surface area contributed by atoms with Crippen molar-refractivity contribution in [2.45, 2.75) is 38.9 Å². The van der Waals surface area contributed by atoms with Gasteiger partial charge in [0.25, 0.3) is 0 Å². The van der Waals surface area contributed by atoms with Crippen LogP contribution in [0.15, 0.2) is 17.1 Å². The zero-order chi connectivity index (χ0) is 14.4. The number of aromatic nitrogens is 1. The Bertz CT molecular complexity index is 562. The monoisotopic (exact) mass is 265 g/mol. The SMILES string of the molecule is CC1(C)OB(c2[nH]ccc(=O)c2C(=O)O)OC1(C)C. The van der Waals surface area contributed by atoms with Crippen molar-refractivity contribution < 1.29 is 19.2 Å². The van der Waals surface area contributed by atoms with Crippen LogP contribution in [-0.2, 0) is 9.31 Å². The Morgan fingerprint density at radius 2 is 1.79 bits per heavy atom. The van der Waals surface area contributed by atoms with Gasteiger partial charge in [-0.3, -0.25) is 4.79 Å². The highest BCUT2D eigenvalue weighted by Gasteiger charge is 2.53. The first kappa shape index (κ1) is 13.8. The van der Waals surface area contributed by atoms with E-state index in [0.717, 1.165) is 6.07 Å². The topological polar surface area (TPSA) is 88.6 Å². The molecule has 0 saturated carbocycles. The number of H-pyrrole nitrogens is 1. The molecule has 0 aromatic carbocycles. The third kappa shape index (κ3) is 2.19. The van der Waals surface area contributed by atoms with Crippen molar-refractivity contribution in [2.75, 3.05) is 0 Å². The molecule has 0 spiro atoms. The number of aromatic amines is 1. The van der Waals surface area contributed by atoms with Crippen molar-refractivity contribution in [2.24, 2.45) is 0 Å². The number of carboxylic acid groups (broad SMARTS) is 1.